The van der Waals surface area contributed by atoms with Gasteiger partial charge in [0.05, 0.1) is 13.2 Å². The van der Waals surface area contributed by atoms with Crippen LogP contribution in [0.2, 0.25) is 0 Å². The molecule has 0 amide bonds. The lowest BCUT2D eigenvalue weighted by atomic mass is 9.88. The van der Waals surface area contributed by atoms with E-state index in [1.54, 1.807) is 0 Å². The van der Waals surface area contributed by atoms with E-state index in [2.05, 4.69) is 10.3 Å². The molecule has 9 atom stereocenters. The highest BCUT2D eigenvalue weighted by atomic mass is 16.7. The van der Waals surface area contributed by atoms with Gasteiger partial charge >= 0.3 is 0 Å². The van der Waals surface area contributed by atoms with Crippen molar-refractivity contribution in [3.8, 4) is 0 Å². The van der Waals surface area contributed by atoms with Crippen molar-refractivity contribution in [3.63, 3.8) is 0 Å². The summed E-state index contributed by atoms with van der Waals surface area (Å²) in [4.78, 5) is 3.92. The lowest BCUT2D eigenvalue weighted by Crippen LogP contribution is -2.58. The number of aliphatic hydroxyl groups is 9. The molecule has 12 nitrogen and oxygen atoms in total. The maximum atomic E-state index is 10.4. The van der Waals surface area contributed by atoms with Gasteiger partial charge in [-0.25, -0.2) is 4.99 Å². The number of amidine groups is 1. The molecular formula is C14H22N2O10. The molecule has 10 N–H and O–H groups in total. The fourth-order valence-corrected chi connectivity index (χ4v) is 3.52. The SMILES string of the molecule is OCC1=CC(N=C2NC3C(O)(CO)C(O)C(O)C3(O)O2)C(O)C(O)C1O. The van der Waals surface area contributed by atoms with E-state index in [1.807, 2.05) is 0 Å². The number of nitrogens with zero attached hydrogens (tertiary/aromatic N) is 1. The number of nitrogens with one attached hydrogen (secondary N) is 1. The van der Waals surface area contributed by atoms with E-state index in [0.717, 1.165) is 0 Å². The monoisotopic (exact) mass is 378 g/mol. The number of aliphatic hydroxyl groups excluding tert-OH is 7. The second-order valence-corrected chi connectivity index (χ2v) is 6.72. The summed E-state index contributed by atoms with van der Waals surface area (Å²) in [5.74, 6) is -2.50. The number of hydrogen-bond donors (Lipinski definition) is 10. The lowest BCUT2D eigenvalue weighted by molar-refractivity contribution is -0.203. The van der Waals surface area contributed by atoms with Gasteiger partial charge < -0.3 is 56.0 Å². The highest BCUT2D eigenvalue weighted by molar-refractivity contribution is 5.78. The first kappa shape index (κ1) is 19.4. The van der Waals surface area contributed by atoms with Crippen LogP contribution in [-0.2, 0) is 4.74 Å². The number of fused-ring (bicyclic) bond motifs is 1. The fraction of sp³-hybridized carbons (Fsp3) is 0.786. The molecule has 3 aliphatic rings. The van der Waals surface area contributed by atoms with Gasteiger partial charge in [0, 0.05) is 0 Å². The predicted octanol–water partition coefficient (Wildman–Crippen LogP) is -6.14. The first-order valence-corrected chi connectivity index (χ1v) is 7.91. The molecule has 26 heavy (non-hydrogen) atoms. The van der Waals surface area contributed by atoms with Crippen LogP contribution >= 0.6 is 0 Å². The van der Waals surface area contributed by atoms with Crippen LogP contribution in [-0.4, -0.2) is 119 Å². The number of hydrogen-bond acceptors (Lipinski definition) is 11. The van der Waals surface area contributed by atoms with Crippen LogP contribution in [0.4, 0.5) is 0 Å². The Morgan fingerprint density at radius 2 is 1.69 bits per heavy atom. The molecule has 0 spiro atoms. The van der Waals surface area contributed by atoms with Crippen LogP contribution in [0.25, 0.3) is 0 Å². The standard InChI is InChI=1S/C14H22N2O10/c17-2-4-1-5(7(20)8(21)6(4)19)15-12-16-11-13(24,3-18)9(22)10(23)14(11,25)26-12/h1,5-11,17-25H,2-3H2,(H,15,16). The van der Waals surface area contributed by atoms with E-state index >= 15 is 0 Å². The van der Waals surface area contributed by atoms with Crippen LogP contribution in [0.15, 0.2) is 16.6 Å². The fourth-order valence-electron chi connectivity index (χ4n) is 3.52. The van der Waals surface area contributed by atoms with Crippen molar-refractivity contribution in [3.05, 3.63) is 11.6 Å². The van der Waals surface area contributed by atoms with E-state index in [-0.39, 0.29) is 5.57 Å². The van der Waals surface area contributed by atoms with Crippen molar-refractivity contribution in [1.29, 1.82) is 0 Å². The van der Waals surface area contributed by atoms with Gasteiger partial charge in [0.1, 0.15) is 42.1 Å². The highest BCUT2D eigenvalue weighted by Gasteiger charge is 2.72. The van der Waals surface area contributed by atoms with Crippen molar-refractivity contribution >= 4 is 6.02 Å². The second kappa shape index (κ2) is 6.37. The summed E-state index contributed by atoms with van der Waals surface area (Å²) in [5.41, 5.74) is -2.32. The third kappa shape index (κ3) is 2.54. The van der Waals surface area contributed by atoms with Gasteiger partial charge in [-0.05, 0) is 5.57 Å². The third-order valence-electron chi connectivity index (χ3n) is 5.17. The Kier molecular flexibility index (Phi) is 4.75. The van der Waals surface area contributed by atoms with Gasteiger partial charge in [0.25, 0.3) is 11.8 Å². The maximum Gasteiger partial charge on any atom is 0.288 e. The first-order valence-electron chi connectivity index (χ1n) is 7.91. The highest BCUT2D eigenvalue weighted by Crippen LogP contribution is 2.42. The van der Waals surface area contributed by atoms with Crippen molar-refractivity contribution < 1.29 is 50.7 Å². The quantitative estimate of drug-likeness (QED) is 0.208. The van der Waals surface area contributed by atoms with E-state index in [1.165, 1.54) is 6.08 Å². The molecule has 1 saturated carbocycles. The molecule has 1 saturated heterocycles. The summed E-state index contributed by atoms with van der Waals surface area (Å²) in [5, 5.41) is 91.1. The topological polar surface area (TPSA) is 216 Å². The zero-order valence-corrected chi connectivity index (χ0v) is 13.4. The second-order valence-electron chi connectivity index (χ2n) is 6.72. The Hall–Kier alpha value is -1.35. The van der Waals surface area contributed by atoms with Crippen molar-refractivity contribution in [2.75, 3.05) is 13.2 Å². The Morgan fingerprint density at radius 3 is 2.27 bits per heavy atom. The van der Waals surface area contributed by atoms with Crippen molar-refractivity contribution in [2.24, 2.45) is 4.99 Å². The molecular weight excluding hydrogens is 356 g/mol. The average molecular weight is 378 g/mol. The average Bonchev–Trinajstić information content (AvgIpc) is 3.03. The van der Waals surface area contributed by atoms with Gasteiger partial charge in [-0.3, -0.25) is 0 Å². The van der Waals surface area contributed by atoms with Gasteiger partial charge in [-0.15, -0.1) is 0 Å². The minimum Gasteiger partial charge on any atom is -0.427 e. The Morgan fingerprint density at radius 1 is 1.04 bits per heavy atom. The maximum absolute atomic E-state index is 10.4. The largest absolute Gasteiger partial charge is 0.427 e. The van der Waals surface area contributed by atoms with Crippen molar-refractivity contribution in [2.45, 2.75) is 54.0 Å². The minimum absolute atomic E-state index is 0.0105. The molecule has 148 valence electrons. The predicted molar refractivity (Wildman–Crippen MR) is 81.4 cm³/mol. The molecule has 0 radical (unpaired) electrons. The molecule has 1 heterocycles. The molecule has 0 aromatic rings. The smallest absolute Gasteiger partial charge is 0.288 e. The first-order chi connectivity index (χ1) is 12.1. The van der Waals surface area contributed by atoms with Gasteiger partial charge in [0.2, 0.25) is 0 Å². The van der Waals surface area contributed by atoms with Crippen LogP contribution in [0.3, 0.4) is 0 Å². The minimum atomic E-state index is -2.50. The van der Waals surface area contributed by atoms with E-state index < -0.39 is 73.2 Å². The molecule has 2 fully saturated rings. The zero-order valence-electron chi connectivity index (χ0n) is 13.4. The Labute approximate surface area is 146 Å². The summed E-state index contributed by atoms with van der Waals surface area (Å²) in [6, 6.07) is -3.18. The van der Waals surface area contributed by atoms with Gasteiger partial charge in [-0.1, -0.05) is 6.08 Å². The molecule has 0 aromatic carbocycles. The number of aliphatic imine (C=N–C) groups is 1. The summed E-state index contributed by atoms with van der Waals surface area (Å²) in [6.07, 6.45) is -7.37. The van der Waals surface area contributed by atoms with Crippen molar-refractivity contribution in [1.82, 2.24) is 5.32 Å². The number of rotatable bonds is 3. The molecule has 0 aromatic heterocycles. The lowest BCUT2D eigenvalue weighted by Gasteiger charge is -2.32. The summed E-state index contributed by atoms with van der Waals surface area (Å²) < 4.78 is 5.10. The van der Waals surface area contributed by atoms with E-state index in [0.29, 0.717) is 0 Å². The van der Waals surface area contributed by atoms with Gasteiger partial charge in [0.15, 0.2) is 6.10 Å². The van der Waals surface area contributed by atoms with E-state index in [9.17, 15) is 46.0 Å². The van der Waals surface area contributed by atoms with E-state index in [4.69, 9.17) is 4.74 Å². The third-order valence-corrected chi connectivity index (χ3v) is 5.17. The molecule has 9 unspecified atom stereocenters. The molecule has 3 rings (SSSR count). The molecule has 1 aliphatic heterocycles. The van der Waals surface area contributed by atoms with Crippen LogP contribution < -0.4 is 5.32 Å². The van der Waals surface area contributed by atoms with Gasteiger partial charge in [-0.2, -0.15) is 0 Å². The number of ether oxygens (including phenoxy) is 1. The summed E-state index contributed by atoms with van der Waals surface area (Å²) in [7, 11) is 0. The van der Waals surface area contributed by atoms with Crippen LogP contribution in [0, 0.1) is 0 Å². The Bertz CT molecular complexity index is 629. The molecule has 2 aliphatic carbocycles. The van der Waals surface area contributed by atoms with Crippen LogP contribution in [0.5, 0.6) is 0 Å². The summed E-state index contributed by atoms with van der Waals surface area (Å²) in [6.45, 7) is -1.60. The normalized spacial score (nSPS) is 52.4. The molecule has 12 heteroatoms. The molecule has 0 bridgehead atoms. The van der Waals surface area contributed by atoms with Crippen LogP contribution in [0.1, 0.15) is 0 Å². The zero-order chi connectivity index (χ0) is 19.4. The Balaban J connectivity index is 1.90. The summed E-state index contributed by atoms with van der Waals surface area (Å²) >= 11 is 0.